The highest BCUT2D eigenvalue weighted by Crippen LogP contribution is 2.42. The van der Waals surface area contributed by atoms with E-state index in [-0.39, 0.29) is 35.4 Å². The Morgan fingerprint density at radius 1 is 1.00 bits per heavy atom. The van der Waals surface area contributed by atoms with Crippen LogP contribution in [0.15, 0.2) is 30.5 Å². The number of piperidine rings is 1. The molecule has 10 heteroatoms. The lowest BCUT2D eigenvalue weighted by atomic mass is 9.90. The maximum absolute atomic E-state index is 16.9. The van der Waals surface area contributed by atoms with E-state index < -0.39 is 17.5 Å². The summed E-state index contributed by atoms with van der Waals surface area (Å²) in [6, 6.07) is 6.14. The van der Waals surface area contributed by atoms with E-state index >= 15 is 8.78 Å². The van der Waals surface area contributed by atoms with Gasteiger partial charge in [-0.15, -0.1) is 0 Å². The van der Waals surface area contributed by atoms with Gasteiger partial charge < -0.3 is 14.7 Å². The maximum atomic E-state index is 16.9. The average molecular weight is 618 g/mol. The van der Waals surface area contributed by atoms with Crippen LogP contribution in [-0.2, 0) is 6.42 Å². The maximum Gasteiger partial charge on any atom is 0.319 e. The van der Waals surface area contributed by atoms with Crippen molar-refractivity contribution < 1.29 is 23.0 Å². The Balaban J connectivity index is 1.30. The molecule has 45 heavy (non-hydrogen) atoms. The lowest BCUT2D eigenvalue weighted by Gasteiger charge is -2.34. The number of ether oxygens (including phenoxy) is 1. The Bertz CT molecular complexity index is 1790. The predicted molar refractivity (Wildman–Crippen MR) is 168 cm³/mol. The van der Waals surface area contributed by atoms with Gasteiger partial charge in [-0.05, 0) is 91.9 Å². The van der Waals surface area contributed by atoms with Crippen molar-refractivity contribution in [2.24, 2.45) is 5.92 Å². The SMILES string of the molecule is Oc1cc2c3c(c(F)ccc3c1)CCCCCC1CCCN(C1)c1nc(OC[C@@]34CCCN3C[C@H](F)C4)nc3c(F)c-2ncc13. The van der Waals surface area contributed by atoms with E-state index in [1.54, 1.807) is 18.3 Å². The summed E-state index contributed by atoms with van der Waals surface area (Å²) < 4.78 is 53.0. The predicted octanol–water partition coefficient (Wildman–Crippen LogP) is 7.12. The number of rotatable bonds is 3. The molecule has 6 bridgehead atoms. The fourth-order valence-corrected chi connectivity index (χ4v) is 8.50. The van der Waals surface area contributed by atoms with Crippen LogP contribution in [0.2, 0.25) is 0 Å². The molecule has 5 aliphatic heterocycles. The molecule has 5 aliphatic rings. The normalized spacial score (nSPS) is 25.4. The molecule has 9 rings (SSSR count). The largest absolute Gasteiger partial charge is 0.508 e. The van der Waals surface area contributed by atoms with Gasteiger partial charge in [0.25, 0.3) is 0 Å². The van der Waals surface area contributed by atoms with Gasteiger partial charge in [0.15, 0.2) is 5.82 Å². The number of phenolic OH excluding ortho intramolecular Hbond substituents is 1. The molecule has 236 valence electrons. The average Bonchev–Trinajstić information content (AvgIpc) is 3.56. The van der Waals surface area contributed by atoms with Crippen molar-refractivity contribution in [2.45, 2.75) is 75.9 Å². The van der Waals surface area contributed by atoms with Gasteiger partial charge in [0.2, 0.25) is 0 Å². The van der Waals surface area contributed by atoms with Gasteiger partial charge in [0, 0.05) is 37.8 Å². The summed E-state index contributed by atoms with van der Waals surface area (Å²) in [5, 5.41) is 12.3. The summed E-state index contributed by atoms with van der Waals surface area (Å²) in [7, 11) is 0. The minimum Gasteiger partial charge on any atom is -0.508 e. The summed E-state index contributed by atoms with van der Waals surface area (Å²) in [5.74, 6) is -0.0156. The molecule has 0 radical (unpaired) electrons. The number of aromatic nitrogens is 3. The van der Waals surface area contributed by atoms with Crippen molar-refractivity contribution in [3.8, 4) is 23.0 Å². The number of phenols is 1. The smallest absolute Gasteiger partial charge is 0.319 e. The van der Waals surface area contributed by atoms with Crippen LogP contribution in [0.5, 0.6) is 11.8 Å². The molecule has 3 saturated heterocycles. The highest BCUT2D eigenvalue weighted by molar-refractivity contribution is 6.01. The molecule has 0 saturated carbocycles. The van der Waals surface area contributed by atoms with E-state index in [0.717, 1.165) is 71.0 Å². The number of aromatic hydroxyl groups is 1. The molecule has 7 nitrogen and oxygen atoms in total. The first-order chi connectivity index (χ1) is 21.9. The number of alkyl halides is 1. The molecule has 0 spiro atoms. The van der Waals surface area contributed by atoms with Gasteiger partial charge in [0.05, 0.1) is 10.9 Å². The van der Waals surface area contributed by atoms with Gasteiger partial charge in [-0.2, -0.15) is 9.97 Å². The summed E-state index contributed by atoms with van der Waals surface area (Å²) in [6.45, 7) is 3.06. The molecule has 3 atom stereocenters. The Morgan fingerprint density at radius 2 is 1.89 bits per heavy atom. The van der Waals surface area contributed by atoms with Crippen molar-refractivity contribution in [2.75, 3.05) is 37.7 Å². The second kappa shape index (κ2) is 11.3. The van der Waals surface area contributed by atoms with Crippen LogP contribution in [0, 0.1) is 17.6 Å². The Morgan fingerprint density at radius 3 is 2.80 bits per heavy atom. The third-order valence-corrected chi connectivity index (χ3v) is 10.6. The molecule has 0 amide bonds. The zero-order valence-electron chi connectivity index (χ0n) is 25.4. The number of benzene rings is 2. The molecule has 4 aromatic rings. The van der Waals surface area contributed by atoms with Gasteiger partial charge >= 0.3 is 6.01 Å². The number of pyridine rings is 1. The van der Waals surface area contributed by atoms with Crippen molar-refractivity contribution >= 4 is 27.5 Å². The van der Waals surface area contributed by atoms with Crippen LogP contribution in [-0.4, -0.2) is 69.5 Å². The third-order valence-electron chi connectivity index (χ3n) is 10.6. The van der Waals surface area contributed by atoms with Crippen LogP contribution in [0.1, 0.15) is 63.4 Å². The Labute approximate surface area is 260 Å². The first-order valence-corrected chi connectivity index (χ1v) is 16.5. The fraction of sp³-hybridized carbons (Fsp3) is 0.514. The molecule has 7 heterocycles. The molecule has 3 fully saturated rings. The number of halogens is 3. The van der Waals surface area contributed by atoms with E-state index in [0.29, 0.717) is 58.4 Å². The highest BCUT2D eigenvalue weighted by atomic mass is 19.1. The van der Waals surface area contributed by atoms with Gasteiger partial charge in [-0.25, -0.2) is 13.2 Å². The first kappa shape index (κ1) is 28.8. The third kappa shape index (κ3) is 5.05. The van der Waals surface area contributed by atoms with Crippen LogP contribution < -0.4 is 9.64 Å². The van der Waals surface area contributed by atoms with Crippen LogP contribution in [0.25, 0.3) is 32.9 Å². The number of anilines is 1. The van der Waals surface area contributed by atoms with Crippen LogP contribution in [0.4, 0.5) is 19.0 Å². The van der Waals surface area contributed by atoms with E-state index in [1.807, 2.05) is 0 Å². The fourth-order valence-electron chi connectivity index (χ4n) is 8.50. The summed E-state index contributed by atoms with van der Waals surface area (Å²) >= 11 is 0. The zero-order chi connectivity index (χ0) is 30.7. The molecular formula is C35H38F3N5O2. The number of hydrogen-bond donors (Lipinski definition) is 1. The van der Waals surface area contributed by atoms with E-state index in [4.69, 9.17) is 9.72 Å². The van der Waals surface area contributed by atoms with Gasteiger partial charge in [0.1, 0.15) is 41.4 Å². The van der Waals surface area contributed by atoms with Crippen molar-refractivity contribution in [3.05, 3.63) is 47.7 Å². The quantitative estimate of drug-likeness (QED) is 0.263. The van der Waals surface area contributed by atoms with Crippen molar-refractivity contribution in [1.29, 1.82) is 0 Å². The molecule has 1 N–H and O–H groups in total. The number of nitrogens with zero attached hydrogens (tertiary/aromatic N) is 5. The zero-order valence-corrected chi connectivity index (χ0v) is 25.4. The van der Waals surface area contributed by atoms with Crippen LogP contribution >= 0.6 is 0 Å². The Hall–Kier alpha value is -3.66. The molecule has 1 unspecified atom stereocenters. The topological polar surface area (TPSA) is 74.6 Å². The van der Waals surface area contributed by atoms with Crippen molar-refractivity contribution in [1.82, 2.24) is 19.9 Å². The van der Waals surface area contributed by atoms with Gasteiger partial charge in [-0.1, -0.05) is 18.9 Å². The monoisotopic (exact) mass is 617 g/mol. The number of aryl methyl sites for hydroxylation is 1. The first-order valence-electron chi connectivity index (χ1n) is 16.5. The second-order valence-corrected chi connectivity index (χ2v) is 13.5. The van der Waals surface area contributed by atoms with Crippen molar-refractivity contribution in [3.63, 3.8) is 0 Å². The minimum absolute atomic E-state index is 0.00825. The molecule has 2 aromatic heterocycles. The number of hydrogen-bond acceptors (Lipinski definition) is 7. The molecular weight excluding hydrogens is 579 g/mol. The summed E-state index contributed by atoms with van der Waals surface area (Å²) in [4.78, 5) is 18.4. The minimum atomic E-state index is -0.892. The van der Waals surface area contributed by atoms with E-state index in [2.05, 4.69) is 19.8 Å². The highest BCUT2D eigenvalue weighted by Gasteiger charge is 2.49. The molecule has 0 aliphatic carbocycles. The van der Waals surface area contributed by atoms with Crippen LogP contribution in [0.3, 0.4) is 0 Å². The van der Waals surface area contributed by atoms with E-state index in [9.17, 15) is 9.50 Å². The molecule has 2 aromatic carbocycles. The Kier molecular flexibility index (Phi) is 7.23. The number of fused-ring (bicyclic) bond motifs is 6. The van der Waals surface area contributed by atoms with Gasteiger partial charge in [-0.3, -0.25) is 9.88 Å². The second-order valence-electron chi connectivity index (χ2n) is 13.5. The summed E-state index contributed by atoms with van der Waals surface area (Å²) in [6.07, 6.45) is 9.44. The lowest BCUT2D eigenvalue weighted by molar-refractivity contribution is 0.107. The standard InChI is InChI=1S/C35H38F3N5O2/c36-23-16-35(11-5-13-43(35)19-23)20-45-34-40-32-27-17-39-31(30(32)38)26-15-24(44)14-22-9-10-28(37)25(29(22)26)8-3-1-2-6-21-7-4-12-42(18-21)33(27)41-34/h9-10,14-15,17,21,23,44H,1-8,11-13,16,18-20H2/t21?,23-,35+/m1/s1. The lowest BCUT2D eigenvalue weighted by Crippen LogP contribution is -2.43. The van der Waals surface area contributed by atoms with E-state index in [1.165, 1.54) is 12.1 Å². The summed E-state index contributed by atoms with van der Waals surface area (Å²) in [5.41, 5.74) is 0.498.